The van der Waals surface area contributed by atoms with E-state index in [-0.39, 0.29) is 25.3 Å². The van der Waals surface area contributed by atoms with Crippen LogP contribution in [0.15, 0.2) is 54.6 Å². The van der Waals surface area contributed by atoms with Crippen LogP contribution in [-0.2, 0) is 20.7 Å². The van der Waals surface area contributed by atoms with Crippen LogP contribution in [0, 0.1) is 0 Å². The molecule has 1 saturated heterocycles. The van der Waals surface area contributed by atoms with Crippen LogP contribution in [0.25, 0.3) is 32.3 Å². The first-order chi connectivity index (χ1) is 20.6. The lowest BCUT2D eigenvalue weighted by Crippen LogP contribution is -2.67. The Labute approximate surface area is 248 Å². The van der Waals surface area contributed by atoms with E-state index in [1.54, 1.807) is 0 Å². The Hall–Kier alpha value is -2.97. The van der Waals surface area contributed by atoms with Crippen molar-refractivity contribution in [3.05, 3.63) is 60.2 Å². The molecule has 1 aliphatic carbocycles. The number of rotatable bonds is 8. The maximum Gasteiger partial charge on any atom is 0.220 e. The summed E-state index contributed by atoms with van der Waals surface area (Å²) in [5.74, 6) is -0.225. The van der Waals surface area contributed by atoms with E-state index in [1.165, 1.54) is 37.9 Å². The third-order valence-electron chi connectivity index (χ3n) is 9.10. The second-order valence-electron chi connectivity index (χ2n) is 12.0. The summed E-state index contributed by atoms with van der Waals surface area (Å²) in [5, 5.41) is 51.8. The van der Waals surface area contributed by atoms with E-state index in [9.17, 15) is 25.2 Å². The number of carbonyl (C=O) groups is 1. The number of ether oxygens (including phenoxy) is 2. The molecule has 11 nitrogen and oxygen atoms in total. The minimum atomic E-state index is -1.42. The van der Waals surface area contributed by atoms with Crippen molar-refractivity contribution < 1.29 is 34.7 Å². The molecule has 1 saturated carbocycles. The van der Waals surface area contributed by atoms with Crippen molar-refractivity contribution in [2.75, 3.05) is 6.54 Å². The highest BCUT2D eigenvalue weighted by molar-refractivity contribution is 6.23. The first-order valence-corrected chi connectivity index (χ1v) is 14.9. The van der Waals surface area contributed by atoms with Crippen molar-refractivity contribution in [1.82, 2.24) is 5.32 Å². The van der Waals surface area contributed by atoms with Crippen LogP contribution in [0.4, 0.5) is 0 Å². The SMILES string of the molecule is NC1CC(N)C(OC2OC(CNC(=O)CCCc3ccc4ccc5cccc6ccc3c4c56)C(O)C(O)C2N)C(O)C1O. The quantitative estimate of drug-likeness (QED) is 0.128. The minimum absolute atomic E-state index is 0.0882. The molecule has 4 aromatic carbocycles. The van der Waals surface area contributed by atoms with Gasteiger partial charge in [-0.1, -0.05) is 54.6 Å². The van der Waals surface area contributed by atoms with Gasteiger partial charge in [-0.2, -0.15) is 0 Å². The Morgan fingerprint density at radius 1 is 0.837 bits per heavy atom. The molecule has 10 unspecified atom stereocenters. The molecule has 43 heavy (non-hydrogen) atoms. The topological polar surface area (TPSA) is 207 Å². The number of aliphatic hydroxyl groups excluding tert-OH is 4. The highest BCUT2D eigenvalue weighted by Gasteiger charge is 2.48. The first kappa shape index (κ1) is 30.1. The summed E-state index contributed by atoms with van der Waals surface area (Å²) < 4.78 is 11.6. The fourth-order valence-corrected chi connectivity index (χ4v) is 6.62. The average Bonchev–Trinajstić information content (AvgIpc) is 3.00. The van der Waals surface area contributed by atoms with Gasteiger partial charge in [0, 0.05) is 25.0 Å². The lowest BCUT2D eigenvalue weighted by molar-refractivity contribution is -0.288. The van der Waals surface area contributed by atoms with Gasteiger partial charge in [-0.05, 0) is 57.1 Å². The zero-order valence-corrected chi connectivity index (χ0v) is 23.8. The van der Waals surface area contributed by atoms with Gasteiger partial charge in [0.05, 0.1) is 12.1 Å². The van der Waals surface area contributed by atoms with E-state index in [2.05, 4.69) is 59.9 Å². The number of carbonyl (C=O) groups excluding carboxylic acids is 1. The van der Waals surface area contributed by atoms with Crippen molar-refractivity contribution in [2.24, 2.45) is 17.2 Å². The van der Waals surface area contributed by atoms with Gasteiger partial charge in [0.15, 0.2) is 6.29 Å². The maximum absolute atomic E-state index is 12.8. The number of aliphatic hydroxyl groups is 4. The van der Waals surface area contributed by atoms with Gasteiger partial charge in [-0.3, -0.25) is 4.79 Å². The molecule has 1 aliphatic heterocycles. The monoisotopic (exact) mass is 592 g/mol. The Bertz CT molecular complexity index is 1570. The van der Waals surface area contributed by atoms with E-state index >= 15 is 0 Å². The lowest BCUT2D eigenvalue weighted by atomic mass is 9.84. The highest BCUT2D eigenvalue weighted by atomic mass is 16.7. The molecule has 0 spiro atoms. The predicted molar refractivity (Wildman–Crippen MR) is 162 cm³/mol. The molecule has 0 radical (unpaired) electrons. The normalized spacial score (nSPS) is 33.4. The molecule has 11 N–H and O–H groups in total. The Morgan fingerprint density at radius 2 is 1.51 bits per heavy atom. The van der Waals surface area contributed by atoms with E-state index in [0.717, 1.165) is 0 Å². The van der Waals surface area contributed by atoms with Crippen LogP contribution in [-0.4, -0.2) is 93.9 Å². The number of nitrogens with one attached hydrogen (secondary N) is 1. The van der Waals surface area contributed by atoms with Gasteiger partial charge < -0.3 is 52.4 Å². The molecule has 11 heteroatoms. The van der Waals surface area contributed by atoms with Crippen LogP contribution >= 0.6 is 0 Å². The summed E-state index contributed by atoms with van der Waals surface area (Å²) in [7, 11) is 0. The van der Waals surface area contributed by atoms with Gasteiger partial charge >= 0.3 is 0 Å². The molecule has 0 aromatic heterocycles. The third kappa shape index (κ3) is 5.68. The van der Waals surface area contributed by atoms with Crippen molar-refractivity contribution in [3.63, 3.8) is 0 Å². The smallest absolute Gasteiger partial charge is 0.220 e. The van der Waals surface area contributed by atoms with Crippen LogP contribution in [0.3, 0.4) is 0 Å². The molecule has 1 amide bonds. The van der Waals surface area contributed by atoms with Crippen LogP contribution in [0.2, 0.25) is 0 Å². The summed E-state index contributed by atoms with van der Waals surface area (Å²) >= 11 is 0. The fourth-order valence-electron chi connectivity index (χ4n) is 6.62. The maximum atomic E-state index is 12.8. The lowest BCUT2D eigenvalue weighted by Gasteiger charge is -2.45. The van der Waals surface area contributed by atoms with E-state index < -0.39 is 61.0 Å². The second-order valence-corrected chi connectivity index (χ2v) is 12.0. The van der Waals surface area contributed by atoms with Crippen molar-refractivity contribution in [1.29, 1.82) is 0 Å². The molecule has 2 aliphatic rings. The fraction of sp³-hybridized carbons (Fsp3) is 0.469. The molecular formula is C32H40N4O7. The summed E-state index contributed by atoms with van der Waals surface area (Å²) in [6, 6.07) is 16.6. The predicted octanol–water partition coefficient (Wildman–Crippen LogP) is -0.0378. The molecule has 10 atom stereocenters. The second kappa shape index (κ2) is 12.2. The zero-order valence-electron chi connectivity index (χ0n) is 23.8. The van der Waals surface area contributed by atoms with Crippen molar-refractivity contribution >= 4 is 38.2 Å². The highest BCUT2D eigenvalue weighted by Crippen LogP contribution is 2.36. The first-order valence-electron chi connectivity index (χ1n) is 14.9. The number of aryl methyl sites for hydroxylation is 1. The molecule has 230 valence electrons. The molecule has 4 aromatic rings. The van der Waals surface area contributed by atoms with E-state index in [4.69, 9.17) is 26.7 Å². The van der Waals surface area contributed by atoms with Gasteiger partial charge in [0.2, 0.25) is 5.91 Å². The largest absolute Gasteiger partial charge is 0.389 e. The van der Waals surface area contributed by atoms with E-state index in [1.807, 2.05) is 0 Å². The summed E-state index contributed by atoms with van der Waals surface area (Å²) in [4.78, 5) is 12.8. The molecule has 2 fully saturated rings. The average molecular weight is 593 g/mol. The third-order valence-corrected chi connectivity index (χ3v) is 9.10. The van der Waals surface area contributed by atoms with Gasteiger partial charge in [0.1, 0.15) is 30.5 Å². The molecule has 6 rings (SSSR count). The minimum Gasteiger partial charge on any atom is -0.389 e. The number of hydrogen-bond acceptors (Lipinski definition) is 10. The van der Waals surface area contributed by atoms with Crippen LogP contribution in [0.5, 0.6) is 0 Å². The van der Waals surface area contributed by atoms with Gasteiger partial charge in [0.25, 0.3) is 0 Å². The van der Waals surface area contributed by atoms with Crippen LogP contribution < -0.4 is 22.5 Å². The Kier molecular flexibility index (Phi) is 8.53. The number of nitrogens with two attached hydrogens (primary N) is 3. The summed E-state index contributed by atoms with van der Waals surface area (Å²) in [6.07, 6.45) is -6.97. The molecule has 0 bridgehead atoms. The number of amides is 1. The van der Waals surface area contributed by atoms with Gasteiger partial charge in [-0.25, -0.2) is 0 Å². The standard InChI is InChI=1S/C32H40N4O7/c33-20-13-21(34)31(30(41)27(20)38)43-32-26(35)29(40)28(39)22(42-32)14-36-23(37)6-2-3-15-7-8-18-10-9-16-4-1-5-17-11-12-19(15)25(18)24(16)17/h1,4-5,7-12,20-22,26-32,38-41H,2-3,6,13-14,33-35H2,(H,36,37). The van der Waals surface area contributed by atoms with Gasteiger partial charge in [-0.15, -0.1) is 0 Å². The number of benzene rings is 4. The van der Waals surface area contributed by atoms with Crippen molar-refractivity contribution in [2.45, 2.75) is 86.7 Å². The van der Waals surface area contributed by atoms with Crippen LogP contribution in [0.1, 0.15) is 24.8 Å². The molecule has 1 heterocycles. The Morgan fingerprint density at radius 3 is 2.26 bits per heavy atom. The Balaban J connectivity index is 1.05. The van der Waals surface area contributed by atoms with E-state index in [0.29, 0.717) is 12.8 Å². The zero-order chi connectivity index (χ0) is 30.4. The van der Waals surface area contributed by atoms with Crippen molar-refractivity contribution in [3.8, 4) is 0 Å². The summed E-state index contributed by atoms with van der Waals surface area (Å²) in [5.41, 5.74) is 19.1. The molecular weight excluding hydrogens is 552 g/mol. The number of hydrogen-bond donors (Lipinski definition) is 8. The summed E-state index contributed by atoms with van der Waals surface area (Å²) in [6.45, 7) is -0.0882.